The first-order valence-electron chi connectivity index (χ1n) is 6.03. The van der Waals surface area contributed by atoms with E-state index in [9.17, 15) is 5.11 Å². The molecule has 0 saturated carbocycles. The van der Waals surface area contributed by atoms with Gasteiger partial charge in [0, 0.05) is 6.20 Å². The van der Waals surface area contributed by atoms with Crippen molar-refractivity contribution in [2.75, 3.05) is 0 Å². The molecular weight excluding hydrogens is 226 g/mol. The van der Waals surface area contributed by atoms with E-state index in [1.807, 2.05) is 50.2 Å². The number of nitrogens with zero attached hydrogens (tertiary/aromatic N) is 1. The van der Waals surface area contributed by atoms with Crippen LogP contribution in [-0.2, 0) is 0 Å². The number of aliphatic hydroxyl groups excluding tert-OH is 1. The first-order valence-corrected chi connectivity index (χ1v) is 6.03. The van der Waals surface area contributed by atoms with Crippen molar-refractivity contribution in [3.05, 3.63) is 59.9 Å². The van der Waals surface area contributed by atoms with Gasteiger partial charge in [0.25, 0.3) is 0 Å². The van der Waals surface area contributed by atoms with E-state index in [1.165, 1.54) is 0 Å². The summed E-state index contributed by atoms with van der Waals surface area (Å²) in [6.45, 7) is 3.90. The summed E-state index contributed by atoms with van der Waals surface area (Å²) in [5, 5.41) is 10.3. The summed E-state index contributed by atoms with van der Waals surface area (Å²) in [4.78, 5) is 4.23. The van der Waals surface area contributed by atoms with E-state index in [0.717, 1.165) is 5.56 Å². The van der Waals surface area contributed by atoms with Gasteiger partial charge in [0.05, 0.1) is 6.10 Å². The summed E-state index contributed by atoms with van der Waals surface area (Å²) in [6.07, 6.45) is 0.950. The smallest absolute Gasteiger partial charge is 0.144 e. The molecule has 1 N–H and O–H groups in total. The summed E-state index contributed by atoms with van der Waals surface area (Å²) in [5.41, 5.74) is 1.36. The van der Waals surface area contributed by atoms with Crippen molar-refractivity contribution >= 4 is 0 Å². The van der Waals surface area contributed by atoms with E-state index in [1.54, 1.807) is 12.3 Å². The van der Waals surface area contributed by atoms with Crippen LogP contribution in [-0.4, -0.2) is 16.2 Å². The lowest BCUT2D eigenvalue weighted by Crippen LogP contribution is -2.11. The van der Waals surface area contributed by atoms with Crippen LogP contribution in [0.2, 0.25) is 0 Å². The minimum Gasteiger partial charge on any atom is -0.489 e. The van der Waals surface area contributed by atoms with Gasteiger partial charge >= 0.3 is 0 Å². The highest BCUT2D eigenvalue weighted by Crippen LogP contribution is 2.28. The van der Waals surface area contributed by atoms with Crippen LogP contribution < -0.4 is 4.74 Å². The lowest BCUT2D eigenvalue weighted by Gasteiger charge is -2.17. The lowest BCUT2D eigenvalue weighted by atomic mass is 10.1. The van der Waals surface area contributed by atoms with Crippen molar-refractivity contribution in [3.63, 3.8) is 0 Å². The summed E-state index contributed by atoms with van der Waals surface area (Å²) in [6, 6.07) is 13.1. The highest BCUT2D eigenvalue weighted by molar-refractivity contribution is 5.35. The Morgan fingerprint density at radius 1 is 1.06 bits per heavy atom. The Hall–Kier alpha value is -1.87. The molecule has 18 heavy (non-hydrogen) atoms. The average molecular weight is 243 g/mol. The van der Waals surface area contributed by atoms with Crippen molar-refractivity contribution in [2.45, 2.75) is 26.1 Å². The Balaban J connectivity index is 2.33. The van der Waals surface area contributed by atoms with Crippen LogP contribution in [0.4, 0.5) is 0 Å². The minimum atomic E-state index is -0.763. The van der Waals surface area contributed by atoms with Crippen molar-refractivity contribution in [1.29, 1.82) is 0 Å². The third kappa shape index (κ3) is 2.87. The number of aromatic nitrogens is 1. The minimum absolute atomic E-state index is 0.0518. The fourth-order valence-electron chi connectivity index (χ4n) is 1.75. The fourth-order valence-corrected chi connectivity index (χ4v) is 1.75. The molecule has 0 aliphatic rings. The molecule has 1 atom stereocenters. The van der Waals surface area contributed by atoms with Gasteiger partial charge in [-0.25, -0.2) is 0 Å². The van der Waals surface area contributed by atoms with Crippen LogP contribution in [0.1, 0.15) is 31.2 Å². The zero-order valence-corrected chi connectivity index (χ0v) is 10.6. The number of hydrogen-bond acceptors (Lipinski definition) is 3. The van der Waals surface area contributed by atoms with Gasteiger partial charge in [0.2, 0.25) is 0 Å². The van der Waals surface area contributed by atoms with Crippen LogP contribution in [0.5, 0.6) is 5.75 Å². The molecule has 0 spiro atoms. The van der Waals surface area contributed by atoms with Gasteiger partial charge in [0.15, 0.2) is 0 Å². The van der Waals surface area contributed by atoms with E-state index in [4.69, 9.17) is 4.74 Å². The first kappa shape index (κ1) is 12.6. The molecule has 1 aromatic heterocycles. The maximum atomic E-state index is 10.3. The second-order valence-electron chi connectivity index (χ2n) is 4.37. The number of pyridine rings is 1. The number of hydrogen-bond donors (Lipinski definition) is 1. The van der Waals surface area contributed by atoms with E-state index in [0.29, 0.717) is 11.4 Å². The molecule has 0 fully saturated rings. The molecule has 0 aliphatic carbocycles. The van der Waals surface area contributed by atoms with E-state index >= 15 is 0 Å². The quantitative estimate of drug-likeness (QED) is 0.897. The molecule has 2 aromatic rings. The largest absolute Gasteiger partial charge is 0.489 e. The normalized spacial score (nSPS) is 12.4. The SMILES string of the molecule is CC(C)Oc1cccnc1C(O)c1ccccc1. The van der Waals surface area contributed by atoms with Gasteiger partial charge in [-0.2, -0.15) is 0 Å². The van der Waals surface area contributed by atoms with Crippen LogP contribution in [0.3, 0.4) is 0 Å². The second kappa shape index (κ2) is 5.65. The third-order valence-corrected chi connectivity index (χ3v) is 2.54. The van der Waals surface area contributed by atoms with Crippen molar-refractivity contribution < 1.29 is 9.84 Å². The Labute approximate surface area is 107 Å². The maximum absolute atomic E-state index is 10.3. The van der Waals surface area contributed by atoms with Crippen molar-refractivity contribution in [3.8, 4) is 5.75 Å². The molecular formula is C15H17NO2. The van der Waals surface area contributed by atoms with Crippen molar-refractivity contribution in [1.82, 2.24) is 4.98 Å². The van der Waals surface area contributed by atoms with Gasteiger partial charge in [-0.3, -0.25) is 4.98 Å². The number of aliphatic hydroxyl groups is 1. The van der Waals surface area contributed by atoms with Crippen molar-refractivity contribution in [2.24, 2.45) is 0 Å². The summed E-state index contributed by atoms with van der Waals surface area (Å²) < 4.78 is 5.67. The highest BCUT2D eigenvalue weighted by Gasteiger charge is 2.17. The molecule has 1 heterocycles. The molecule has 3 heteroatoms. The monoisotopic (exact) mass is 243 g/mol. The topological polar surface area (TPSA) is 42.4 Å². The van der Waals surface area contributed by atoms with E-state index < -0.39 is 6.10 Å². The fraction of sp³-hybridized carbons (Fsp3) is 0.267. The van der Waals surface area contributed by atoms with Gasteiger partial charge < -0.3 is 9.84 Å². The molecule has 0 aliphatic heterocycles. The predicted octanol–water partition coefficient (Wildman–Crippen LogP) is 2.95. The van der Waals surface area contributed by atoms with E-state index in [2.05, 4.69) is 4.98 Å². The van der Waals surface area contributed by atoms with Gasteiger partial charge in [-0.15, -0.1) is 0 Å². The highest BCUT2D eigenvalue weighted by atomic mass is 16.5. The molecule has 3 nitrogen and oxygen atoms in total. The average Bonchev–Trinajstić information content (AvgIpc) is 2.39. The van der Waals surface area contributed by atoms with Crippen LogP contribution in [0, 0.1) is 0 Å². The third-order valence-electron chi connectivity index (χ3n) is 2.54. The molecule has 0 bridgehead atoms. The zero-order valence-electron chi connectivity index (χ0n) is 10.6. The standard InChI is InChI=1S/C15H17NO2/c1-11(2)18-13-9-6-10-16-14(13)15(17)12-7-4-3-5-8-12/h3-11,15,17H,1-2H3. The molecule has 0 saturated heterocycles. The van der Waals surface area contributed by atoms with Crippen LogP contribution >= 0.6 is 0 Å². The Morgan fingerprint density at radius 3 is 2.44 bits per heavy atom. The maximum Gasteiger partial charge on any atom is 0.144 e. The van der Waals surface area contributed by atoms with Gasteiger partial charge in [-0.1, -0.05) is 30.3 Å². The number of ether oxygens (including phenoxy) is 1. The van der Waals surface area contributed by atoms with Gasteiger partial charge in [0.1, 0.15) is 17.5 Å². The number of rotatable bonds is 4. The van der Waals surface area contributed by atoms with Crippen LogP contribution in [0.15, 0.2) is 48.7 Å². The number of benzene rings is 1. The Bertz CT molecular complexity index is 497. The molecule has 0 amide bonds. The lowest BCUT2D eigenvalue weighted by molar-refractivity contribution is 0.193. The van der Waals surface area contributed by atoms with Crippen LogP contribution in [0.25, 0.3) is 0 Å². The summed E-state index contributed by atoms with van der Waals surface area (Å²) in [7, 11) is 0. The molecule has 1 aromatic carbocycles. The summed E-state index contributed by atoms with van der Waals surface area (Å²) >= 11 is 0. The molecule has 1 unspecified atom stereocenters. The predicted molar refractivity (Wildman–Crippen MR) is 70.5 cm³/mol. The summed E-state index contributed by atoms with van der Waals surface area (Å²) in [5.74, 6) is 0.629. The molecule has 2 rings (SSSR count). The van der Waals surface area contributed by atoms with Gasteiger partial charge in [-0.05, 0) is 31.5 Å². The Kier molecular flexibility index (Phi) is 3.95. The molecule has 94 valence electrons. The first-order chi connectivity index (χ1) is 8.68. The second-order valence-corrected chi connectivity index (χ2v) is 4.37. The Morgan fingerprint density at radius 2 is 1.78 bits per heavy atom. The molecule has 0 radical (unpaired) electrons. The zero-order chi connectivity index (χ0) is 13.0. The van der Waals surface area contributed by atoms with E-state index in [-0.39, 0.29) is 6.10 Å².